The number of esters is 2. The molecular formula is C26H28ClN3O4. The normalized spacial score (nSPS) is 21.6. The van der Waals surface area contributed by atoms with Gasteiger partial charge in [0.05, 0.1) is 40.8 Å². The Labute approximate surface area is 203 Å². The Balaban J connectivity index is 1.47. The van der Waals surface area contributed by atoms with E-state index < -0.39 is 18.5 Å². The molecule has 1 aliphatic heterocycles. The van der Waals surface area contributed by atoms with E-state index in [0.717, 1.165) is 35.4 Å². The fourth-order valence-corrected chi connectivity index (χ4v) is 5.80. The lowest BCUT2D eigenvalue weighted by Crippen LogP contribution is -2.40. The van der Waals surface area contributed by atoms with Crippen LogP contribution < -0.4 is 10.7 Å². The molecule has 0 aromatic heterocycles. The molecule has 0 amide bonds. The molecule has 7 nitrogen and oxygen atoms in total. The van der Waals surface area contributed by atoms with Crippen LogP contribution in [0.1, 0.15) is 53.6 Å². The van der Waals surface area contributed by atoms with Gasteiger partial charge in [0.2, 0.25) is 0 Å². The molecular weight excluding hydrogens is 454 g/mol. The summed E-state index contributed by atoms with van der Waals surface area (Å²) in [6.45, 7) is -0.399. The smallest absolute Gasteiger partial charge is 0.344 e. The van der Waals surface area contributed by atoms with Crippen LogP contribution in [0, 0.1) is 11.8 Å². The van der Waals surface area contributed by atoms with Gasteiger partial charge in [0.25, 0.3) is 0 Å². The number of hydrogen-bond acceptors (Lipinski definition) is 7. The van der Waals surface area contributed by atoms with Crippen LogP contribution in [0.2, 0.25) is 5.02 Å². The minimum absolute atomic E-state index is 0.287. The standard InChI is InChI=1S/C26H28ClN3O4/c1-33-23(31)14-34-26(32)17-7-9-19-16(12-17)6-10-20-24(19)29-30(25(20)15-4-2-3-5-15)18-8-11-22(28)21(27)13-18/h7-9,11-13,15,20,25H,2-6,10,14,28H2,1H3. The van der Waals surface area contributed by atoms with Gasteiger partial charge in [-0.15, -0.1) is 0 Å². The number of hydrogen-bond donors (Lipinski definition) is 1. The molecule has 34 heavy (non-hydrogen) atoms. The Morgan fingerprint density at radius 2 is 1.94 bits per heavy atom. The van der Waals surface area contributed by atoms with Gasteiger partial charge >= 0.3 is 11.9 Å². The van der Waals surface area contributed by atoms with Crippen molar-refractivity contribution in [2.75, 3.05) is 24.5 Å². The van der Waals surface area contributed by atoms with Gasteiger partial charge in [-0.2, -0.15) is 5.10 Å². The van der Waals surface area contributed by atoms with E-state index in [0.29, 0.717) is 28.1 Å². The molecule has 2 atom stereocenters. The first-order chi connectivity index (χ1) is 16.5. The molecule has 0 bridgehead atoms. The highest BCUT2D eigenvalue weighted by Gasteiger charge is 2.45. The summed E-state index contributed by atoms with van der Waals surface area (Å²) in [4.78, 5) is 23.7. The van der Waals surface area contributed by atoms with Crippen LogP contribution in [0.15, 0.2) is 41.5 Å². The number of nitrogens with two attached hydrogens (primary N) is 1. The molecule has 2 N–H and O–H groups in total. The van der Waals surface area contributed by atoms with Crippen LogP contribution >= 0.6 is 11.6 Å². The van der Waals surface area contributed by atoms with Crippen molar-refractivity contribution in [2.24, 2.45) is 16.9 Å². The molecule has 0 spiro atoms. The third kappa shape index (κ3) is 4.13. The molecule has 1 heterocycles. The van der Waals surface area contributed by atoms with E-state index in [4.69, 9.17) is 27.2 Å². The van der Waals surface area contributed by atoms with E-state index in [-0.39, 0.29) is 6.04 Å². The summed E-state index contributed by atoms with van der Waals surface area (Å²) in [5.74, 6) is -0.221. The second kappa shape index (κ2) is 9.29. The zero-order valence-electron chi connectivity index (χ0n) is 19.1. The van der Waals surface area contributed by atoms with Gasteiger partial charge in [0, 0.05) is 11.5 Å². The fourth-order valence-electron chi connectivity index (χ4n) is 5.62. The molecule has 2 aromatic rings. The van der Waals surface area contributed by atoms with Crippen molar-refractivity contribution in [3.63, 3.8) is 0 Å². The zero-order valence-corrected chi connectivity index (χ0v) is 19.9. The first kappa shape index (κ1) is 22.7. The van der Waals surface area contributed by atoms with Gasteiger partial charge in [0.1, 0.15) is 0 Å². The molecule has 1 saturated carbocycles. The van der Waals surface area contributed by atoms with Crippen molar-refractivity contribution in [1.29, 1.82) is 0 Å². The van der Waals surface area contributed by atoms with Gasteiger partial charge < -0.3 is 15.2 Å². The Hall–Kier alpha value is -3.06. The predicted octanol–water partition coefficient (Wildman–Crippen LogP) is 4.60. The Bertz CT molecular complexity index is 1160. The van der Waals surface area contributed by atoms with Crippen LogP contribution in [0.5, 0.6) is 0 Å². The van der Waals surface area contributed by atoms with E-state index in [1.807, 2.05) is 30.3 Å². The SMILES string of the molecule is COC(=O)COC(=O)c1ccc2c(c1)CCC1C2=NN(c2ccc(N)c(Cl)c2)C1C1CCCC1. The largest absolute Gasteiger partial charge is 0.466 e. The van der Waals surface area contributed by atoms with Gasteiger partial charge in [-0.25, -0.2) is 9.59 Å². The summed E-state index contributed by atoms with van der Waals surface area (Å²) in [7, 11) is 1.26. The van der Waals surface area contributed by atoms with Crippen LogP contribution in [-0.4, -0.2) is 37.4 Å². The van der Waals surface area contributed by atoms with Gasteiger partial charge in [-0.05, 0) is 67.5 Å². The Morgan fingerprint density at radius 3 is 2.68 bits per heavy atom. The van der Waals surface area contributed by atoms with Crippen molar-refractivity contribution in [1.82, 2.24) is 0 Å². The first-order valence-electron chi connectivity index (χ1n) is 11.8. The lowest BCUT2D eigenvalue weighted by Gasteiger charge is -2.34. The van der Waals surface area contributed by atoms with Crippen LogP contribution in [-0.2, 0) is 20.7 Å². The Morgan fingerprint density at radius 1 is 1.15 bits per heavy atom. The molecule has 0 radical (unpaired) electrons. The van der Waals surface area contributed by atoms with E-state index in [9.17, 15) is 9.59 Å². The maximum Gasteiger partial charge on any atom is 0.344 e. The van der Waals surface area contributed by atoms with E-state index in [1.54, 1.807) is 6.07 Å². The number of rotatable bonds is 5. The highest BCUT2D eigenvalue weighted by atomic mass is 35.5. The van der Waals surface area contributed by atoms with Crippen LogP contribution in [0.3, 0.4) is 0 Å². The molecule has 3 aliphatic rings. The van der Waals surface area contributed by atoms with Crippen molar-refractivity contribution in [3.05, 3.63) is 58.1 Å². The number of fused-ring (bicyclic) bond motifs is 3. The lowest BCUT2D eigenvalue weighted by atomic mass is 9.75. The fraction of sp³-hybridized carbons (Fsp3) is 0.423. The molecule has 8 heteroatoms. The molecule has 0 saturated heterocycles. The number of nitrogen functional groups attached to an aromatic ring is 1. The lowest BCUT2D eigenvalue weighted by molar-refractivity contribution is -0.144. The highest BCUT2D eigenvalue weighted by molar-refractivity contribution is 6.33. The van der Waals surface area contributed by atoms with Crippen molar-refractivity contribution in [3.8, 4) is 0 Å². The number of halogens is 1. The third-order valence-electron chi connectivity index (χ3n) is 7.28. The van der Waals surface area contributed by atoms with E-state index >= 15 is 0 Å². The minimum Gasteiger partial charge on any atom is -0.466 e. The van der Waals surface area contributed by atoms with Crippen molar-refractivity contribution in [2.45, 2.75) is 44.6 Å². The third-order valence-corrected chi connectivity index (χ3v) is 7.61. The highest BCUT2D eigenvalue weighted by Crippen LogP contribution is 2.45. The van der Waals surface area contributed by atoms with E-state index in [1.165, 1.54) is 32.8 Å². The number of methoxy groups -OCH3 is 1. The molecule has 5 rings (SSSR count). The summed E-state index contributed by atoms with van der Waals surface area (Å²) in [6.07, 6.45) is 6.76. The van der Waals surface area contributed by atoms with Crippen LogP contribution in [0.4, 0.5) is 11.4 Å². The number of anilines is 2. The number of carbonyl (C=O) groups excluding carboxylic acids is 2. The number of carbonyl (C=O) groups is 2. The van der Waals surface area contributed by atoms with Gasteiger partial charge in [0.15, 0.2) is 6.61 Å². The quantitative estimate of drug-likeness (QED) is 0.495. The average Bonchev–Trinajstić information content (AvgIpc) is 3.51. The summed E-state index contributed by atoms with van der Waals surface area (Å²) >= 11 is 6.36. The number of nitrogens with zero attached hydrogens (tertiary/aromatic N) is 2. The monoisotopic (exact) mass is 481 g/mol. The second-order valence-electron chi connectivity index (χ2n) is 9.24. The summed E-state index contributed by atoms with van der Waals surface area (Å²) in [5.41, 5.74) is 11.1. The maximum absolute atomic E-state index is 12.4. The predicted molar refractivity (Wildman–Crippen MR) is 131 cm³/mol. The molecule has 2 unspecified atom stereocenters. The van der Waals surface area contributed by atoms with E-state index in [2.05, 4.69) is 9.75 Å². The summed E-state index contributed by atoms with van der Waals surface area (Å²) in [6, 6.07) is 11.6. The second-order valence-corrected chi connectivity index (χ2v) is 9.65. The zero-order chi connectivity index (χ0) is 23.8. The van der Waals surface area contributed by atoms with Gasteiger partial charge in [-0.1, -0.05) is 30.5 Å². The summed E-state index contributed by atoms with van der Waals surface area (Å²) in [5, 5.41) is 7.83. The van der Waals surface area contributed by atoms with Crippen LogP contribution in [0.25, 0.3) is 0 Å². The first-order valence-corrected chi connectivity index (χ1v) is 12.1. The molecule has 1 fully saturated rings. The topological polar surface area (TPSA) is 94.2 Å². The number of benzene rings is 2. The minimum atomic E-state index is -0.588. The van der Waals surface area contributed by atoms with Crippen molar-refractivity contribution >= 4 is 40.6 Å². The molecule has 178 valence electrons. The Kier molecular flexibility index (Phi) is 6.21. The maximum atomic E-state index is 12.4. The number of aryl methyl sites for hydroxylation is 1. The number of hydrazone groups is 1. The van der Waals surface area contributed by atoms with Gasteiger partial charge in [-0.3, -0.25) is 5.01 Å². The average molecular weight is 482 g/mol. The molecule has 2 aliphatic carbocycles. The summed E-state index contributed by atoms with van der Waals surface area (Å²) < 4.78 is 9.60. The number of ether oxygens (including phenoxy) is 2. The van der Waals surface area contributed by atoms with Crippen molar-refractivity contribution < 1.29 is 19.1 Å². The molecule has 2 aromatic carbocycles.